The number of morpholine rings is 1. The Hall–Kier alpha value is -3.09. The Balaban J connectivity index is 1.43. The van der Waals surface area contributed by atoms with Crippen LogP contribution in [0.3, 0.4) is 0 Å². The van der Waals surface area contributed by atoms with Gasteiger partial charge in [0.2, 0.25) is 0 Å². The third-order valence-electron chi connectivity index (χ3n) is 7.78. The average molecular weight is 554 g/mol. The first kappa shape index (κ1) is 28.4. The van der Waals surface area contributed by atoms with E-state index in [9.17, 15) is 14.7 Å². The molecule has 216 valence electrons. The first-order valence-corrected chi connectivity index (χ1v) is 13.9. The first-order valence-electron chi connectivity index (χ1n) is 13.9. The highest BCUT2D eigenvalue weighted by molar-refractivity contribution is 5.81. The van der Waals surface area contributed by atoms with Crippen LogP contribution in [0.5, 0.6) is 0 Å². The third kappa shape index (κ3) is 6.13. The number of imidazole rings is 1. The standard InChI is InChI=1S/C29H39N5O6/c1-18-11-21(14-33(4)28(18)36)27-31-24-12-20(5-6-25(24)34(27)15-22-16-39-10-8-32(22)3)13-30-26(19(2)35)29(37)40-23-7-9-38-17-23/h5-6,11-12,14,19,22-23,26,30,35H,7-10,13,15-17H2,1-4H3/t19-,22-,23-,26-/m0/s1. The molecule has 4 atom stereocenters. The van der Waals surface area contributed by atoms with Crippen LogP contribution in [0.2, 0.25) is 0 Å². The Kier molecular flexibility index (Phi) is 8.67. The Labute approximate surface area is 233 Å². The fourth-order valence-electron chi connectivity index (χ4n) is 5.35. The number of likely N-dealkylation sites (N-methyl/N-ethyl adjacent to an activating group) is 1. The molecule has 5 rings (SSSR count). The van der Waals surface area contributed by atoms with Crippen LogP contribution in [0.15, 0.2) is 35.3 Å². The highest BCUT2D eigenvalue weighted by Crippen LogP contribution is 2.27. The summed E-state index contributed by atoms with van der Waals surface area (Å²) in [6, 6.07) is 7.24. The molecule has 4 heterocycles. The number of hydrogen-bond donors (Lipinski definition) is 2. The van der Waals surface area contributed by atoms with Gasteiger partial charge < -0.3 is 28.5 Å². The van der Waals surface area contributed by atoms with Gasteiger partial charge >= 0.3 is 5.97 Å². The Bertz CT molecular complexity index is 1380. The molecule has 0 aliphatic carbocycles. The van der Waals surface area contributed by atoms with Crippen LogP contribution in [-0.4, -0.2) is 94.4 Å². The van der Waals surface area contributed by atoms with E-state index in [-0.39, 0.29) is 17.7 Å². The van der Waals surface area contributed by atoms with Crippen LogP contribution in [0.4, 0.5) is 0 Å². The monoisotopic (exact) mass is 553 g/mol. The number of carbonyl (C=O) groups excluding carboxylic acids is 1. The predicted molar refractivity (Wildman–Crippen MR) is 150 cm³/mol. The van der Waals surface area contributed by atoms with Crippen molar-refractivity contribution in [2.75, 3.05) is 40.0 Å². The molecule has 1 aromatic carbocycles. The normalized spacial score (nSPS) is 21.5. The molecule has 0 spiro atoms. The van der Waals surface area contributed by atoms with Crippen LogP contribution in [0.1, 0.15) is 24.5 Å². The van der Waals surface area contributed by atoms with Gasteiger partial charge in [-0.15, -0.1) is 0 Å². The number of aromatic nitrogens is 3. The minimum Gasteiger partial charge on any atom is -0.459 e. The number of aliphatic hydroxyl groups is 1. The lowest BCUT2D eigenvalue weighted by molar-refractivity contribution is -0.154. The fraction of sp³-hybridized carbons (Fsp3) is 0.552. The van der Waals surface area contributed by atoms with Crippen molar-refractivity contribution in [3.8, 4) is 11.4 Å². The summed E-state index contributed by atoms with van der Waals surface area (Å²) in [5.41, 5.74) is 4.17. The van der Waals surface area contributed by atoms with Gasteiger partial charge in [0.15, 0.2) is 0 Å². The van der Waals surface area contributed by atoms with Crippen molar-refractivity contribution >= 4 is 17.0 Å². The topological polar surface area (TPSA) is 120 Å². The maximum atomic E-state index is 12.7. The van der Waals surface area contributed by atoms with Gasteiger partial charge in [-0.25, -0.2) is 4.98 Å². The Morgan fingerprint density at radius 3 is 2.73 bits per heavy atom. The largest absolute Gasteiger partial charge is 0.459 e. The van der Waals surface area contributed by atoms with Crippen LogP contribution in [0.25, 0.3) is 22.4 Å². The predicted octanol–water partition coefficient (Wildman–Crippen LogP) is 1.21. The molecule has 0 bridgehead atoms. The third-order valence-corrected chi connectivity index (χ3v) is 7.78. The maximum Gasteiger partial charge on any atom is 0.326 e. The van der Waals surface area contributed by atoms with Crippen molar-refractivity contribution < 1.29 is 24.1 Å². The van der Waals surface area contributed by atoms with E-state index in [0.717, 1.165) is 41.1 Å². The number of rotatable bonds is 9. The number of nitrogens with one attached hydrogen (secondary N) is 1. The number of esters is 1. The van der Waals surface area contributed by atoms with E-state index >= 15 is 0 Å². The molecule has 0 amide bonds. The molecule has 0 saturated carbocycles. The van der Waals surface area contributed by atoms with Gasteiger partial charge in [0, 0.05) is 50.4 Å². The smallest absolute Gasteiger partial charge is 0.326 e. The maximum absolute atomic E-state index is 12.7. The lowest BCUT2D eigenvalue weighted by atomic mass is 10.1. The molecule has 40 heavy (non-hydrogen) atoms. The van der Waals surface area contributed by atoms with Gasteiger partial charge in [-0.3, -0.25) is 19.8 Å². The van der Waals surface area contributed by atoms with Gasteiger partial charge in [-0.05, 0) is 44.7 Å². The second-order valence-electron chi connectivity index (χ2n) is 10.9. The Morgan fingerprint density at radius 2 is 2.02 bits per heavy atom. The molecule has 0 radical (unpaired) electrons. The number of carbonyl (C=O) groups is 1. The molecule has 2 fully saturated rings. The summed E-state index contributed by atoms with van der Waals surface area (Å²) in [5.74, 6) is 0.295. The molecule has 0 unspecified atom stereocenters. The van der Waals surface area contributed by atoms with Crippen molar-refractivity contribution in [1.29, 1.82) is 0 Å². The zero-order valence-electron chi connectivity index (χ0n) is 23.6. The van der Waals surface area contributed by atoms with E-state index in [4.69, 9.17) is 19.2 Å². The van der Waals surface area contributed by atoms with Crippen LogP contribution >= 0.6 is 0 Å². The second-order valence-corrected chi connectivity index (χ2v) is 10.9. The molecule has 11 heteroatoms. The molecule has 11 nitrogen and oxygen atoms in total. The molecule has 2 saturated heterocycles. The molecule has 2 aliphatic rings. The van der Waals surface area contributed by atoms with E-state index in [1.807, 2.05) is 37.4 Å². The minimum absolute atomic E-state index is 0.0353. The van der Waals surface area contributed by atoms with E-state index in [1.54, 1.807) is 18.5 Å². The number of ether oxygens (including phenoxy) is 3. The summed E-state index contributed by atoms with van der Waals surface area (Å²) in [6.07, 6.45) is 1.29. The summed E-state index contributed by atoms with van der Waals surface area (Å²) in [7, 11) is 3.86. The number of aryl methyl sites for hydroxylation is 2. The van der Waals surface area contributed by atoms with Gasteiger partial charge in [-0.1, -0.05) is 6.07 Å². The molecule has 2 N–H and O–H groups in total. The van der Waals surface area contributed by atoms with E-state index < -0.39 is 18.1 Å². The van der Waals surface area contributed by atoms with Crippen molar-refractivity contribution in [2.24, 2.45) is 7.05 Å². The van der Waals surface area contributed by atoms with Crippen molar-refractivity contribution in [3.05, 3.63) is 51.9 Å². The van der Waals surface area contributed by atoms with E-state index in [1.165, 1.54) is 0 Å². The van der Waals surface area contributed by atoms with Gasteiger partial charge in [0.05, 0.1) is 49.6 Å². The van der Waals surface area contributed by atoms with E-state index in [2.05, 4.69) is 21.8 Å². The number of aliphatic hydroxyl groups excluding tert-OH is 1. The van der Waals surface area contributed by atoms with Gasteiger partial charge in [-0.2, -0.15) is 0 Å². The SMILES string of the molecule is Cc1cc(-c2nc3cc(CN[C@H](C(=O)O[C@H]4CCOC4)[C@H](C)O)ccc3n2C[C@H]2COCCN2C)cn(C)c1=O. The zero-order chi connectivity index (χ0) is 28.4. The van der Waals surface area contributed by atoms with Gasteiger partial charge in [0.1, 0.15) is 18.0 Å². The number of nitrogens with zero attached hydrogens (tertiary/aromatic N) is 4. The minimum atomic E-state index is -0.924. The van der Waals surface area contributed by atoms with Crippen LogP contribution in [-0.2, 0) is 39.1 Å². The summed E-state index contributed by atoms with van der Waals surface area (Å²) in [5, 5.41) is 13.4. The molecular formula is C29H39N5O6. The van der Waals surface area contributed by atoms with Crippen molar-refractivity contribution in [1.82, 2.24) is 24.3 Å². The van der Waals surface area contributed by atoms with Gasteiger partial charge in [0.25, 0.3) is 5.56 Å². The second kappa shape index (κ2) is 12.2. The van der Waals surface area contributed by atoms with E-state index in [0.29, 0.717) is 44.9 Å². The fourth-order valence-corrected chi connectivity index (χ4v) is 5.35. The highest BCUT2D eigenvalue weighted by atomic mass is 16.6. The number of pyridine rings is 1. The molecular weight excluding hydrogens is 514 g/mol. The van der Waals surface area contributed by atoms with Crippen molar-refractivity contribution in [3.63, 3.8) is 0 Å². The number of fused-ring (bicyclic) bond motifs is 1. The number of hydrogen-bond acceptors (Lipinski definition) is 9. The van der Waals surface area contributed by atoms with Crippen LogP contribution < -0.4 is 10.9 Å². The lowest BCUT2D eigenvalue weighted by Crippen LogP contribution is -2.46. The Morgan fingerprint density at radius 1 is 1.23 bits per heavy atom. The quantitative estimate of drug-likeness (QED) is 0.377. The molecule has 3 aromatic rings. The zero-order valence-corrected chi connectivity index (χ0v) is 23.6. The molecule has 2 aliphatic heterocycles. The van der Waals surface area contributed by atoms with Crippen molar-refractivity contribution in [2.45, 2.75) is 57.6 Å². The summed E-state index contributed by atoms with van der Waals surface area (Å²) >= 11 is 0. The lowest BCUT2D eigenvalue weighted by Gasteiger charge is -2.33. The summed E-state index contributed by atoms with van der Waals surface area (Å²) in [4.78, 5) is 32.4. The van der Waals surface area contributed by atoms with Crippen LogP contribution in [0, 0.1) is 6.92 Å². The summed E-state index contributed by atoms with van der Waals surface area (Å²) in [6.45, 7) is 7.59. The average Bonchev–Trinajstić information content (AvgIpc) is 3.56. The first-order chi connectivity index (χ1) is 19.2. The molecule has 2 aromatic heterocycles. The highest BCUT2D eigenvalue weighted by Gasteiger charge is 2.29. The number of benzene rings is 1. The summed E-state index contributed by atoms with van der Waals surface area (Å²) < 4.78 is 20.4.